The van der Waals surface area contributed by atoms with E-state index in [1.54, 1.807) is 4.68 Å². The number of aliphatic hydroxyl groups is 1. The SMILES string of the molecule is Cc1nn(CC(=O)N2CCCC(C)(O)CC2)c(C)c1N. The van der Waals surface area contributed by atoms with Crippen LogP contribution in [-0.4, -0.2) is 44.4 Å². The van der Waals surface area contributed by atoms with Gasteiger partial charge < -0.3 is 15.7 Å². The Balaban J connectivity index is 2.03. The zero-order valence-electron chi connectivity index (χ0n) is 12.5. The van der Waals surface area contributed by atoms with Gasteiger partial charge in [-0.1, -0.05) is 0 Å². The van der Waals surface area contributed by atoms with Crippen LogP contribution in [0.25, 0.3) is 0 Å². The van der Waals surface area contributed by atoms with Gasteiger partial charge in [0.05, 0.1) is 22.7 Å². The number of carbonyl (C=O) groups is 1. The summed E-state index contributed by atoms with van der Waals surface area (Å²) in [7, 11) is 0. The molecule has 20 heavy (non-hydrogen) atoms. The molecule has 0 bridgehead atoms. The van der Waals surface area contributed by atoms with E-state index in [4.69, 9.17) is 5.73 Å². The summed E-state index contributed by atoms with van der Waals surface area (Å²) >= 11 is 0. The van der Waals surface area contributed by atoms with Crippen LogP contribution in [0.15, 0.2) is 0 Å². The molecule has 0 spiro atoms. The van der Waals surface area contributed by atoms with E-state index in [9.17, 15) is 9.90 Å². The maximum atomic E-state index is 12.3. The predicted molar refractivity (Wildman–Crippen MR) is 77.2 cm³/mol. The third kappa shape index (κ3) is 3.12. The fraction of sp³-hybridized carbons (Fsp3) is 0.714. The maximum absolute atomic E-state index is 12.3. The van der Waals surface area contributed by atoms with Crippen molar-refractivity contribution in [2.24, 2.45) is 0 Å². The number of anilines is 1. The lowest BCUT2D eigenvalue weighted by molar-refractivity contribution is -0.132. The summed E-state index contributed by atoms with van der Waals surface area (Å²) in [6, 6.07) is 0. The molecule has 1 aliphatic rings. The van der Waals surface area contributed by atoms with Gasteiger partial charge in [-0.15, -0.1) is 0 Å². The number of nitrogens with two attached hydrogens (primary N) is 1. The van der Waals surface area contributed by atoms with Gasteiger partial charge >= 0.3 is 0 Å². The lowest BCUT2D eigenvalue weighted by Crippen LogP contribution is -2.36. The van der Waals surface area contributed by atoms with Crippen LogP contribution in [0.3, 0.4) is 0 Å². The van der Waals surface area contributed by atoms with Crippen LogP contribution in [0.4, 0.5) is 5.69 Å². The highest BCUT2D eigenvalue weighted by Gasteiger charge is 2.27. The Morgan fingerprint density at radius 2 is 2.10 bits per heavy atom. The predicted octanol–water partition coefficient (Wildman–Crippen LogP) is 0.846. The summed E-state index contributed by atoms with van der Waals surface area (Å²) in [6.07, 6.45) is 2.19. The Kier molecular flexibility index (Phi) is 4.04. The van der Waals surface area contributed by atoms with Gasteiger partial charge in [-0.2, -0.15) is 5.10 Å². The molecule has 112 valence electrons. The third-order valence-corrected chi connectivity index (χ3v) is 4.14. The largest absolute Gasteiger partial charge is 0.396 e. The van der Waals surface area contributed by atoms with Crippen molar-refractivity contribution in [2.75, 3.05) is 18.8 Å². The first kappa shape index (κ1) is 14.8. The molecular weight excluding hydrogens is 256 g/mol. The molecule has 0 aromatic carbocycles. The van der Waals surface area contributed by atoms with Crippen molar-refractivity contribution < 1.29 is 9.90 Å². The fourth-order valence-electron chi connectivity index (χ4n) is 2.61. The van der Waals surface area contributed by atoms with Crippen LogP contribution < -0.4 is 5.73 Å². The number of amides is 1. The molecule has 1 saturated heterocycles. The van der Waals surface area contributed by atoms with E-state index in [2.05, 4.69) is 5.10 Å². The smallest absolute Gasteiger partial charge is 0.244 e. The summed E-state index contributed by atoms with van der Waals surface area (Å²) in [5, 5.41) is 14.3. The van der Waals surface area contributed by atoms with Crippen molar-refractivity contribution in [3.8, 4) is 0 Å². The normalized spacial score (nSPS) is 23.7. The number of aryl methyl sites for hydroxylation is 1. The Hall–Kier alpha value is -1.56. The molecule has 1 unspecified atom stereocenters. The second kappa shape index (κ2) is 5.44. The van der Waals surface area contributed by atoms with Crippen LogP contribution in [0.2, 0.25) is 0 Å². The van der Waals surface area contributed by atoms with Crippen LogP contribution >= 0.6 is 0 Å². The summed E-state index contributed by atoms with van der Waals surface area (Å²) in [4.78, 5) is 14.2. The van der Waals surface area contributed by atoms with Gasteiger partial charge in [-0.3, -0.25) is 9.48 Å². The van der Waals surface area contributed by atoms with Gasteiger partial charge in [0, 0.05) is 13.1 Å². The molecule has 0 aliphatic carbocycles. The average Bonchev–Trinajstić information content (AvgIpc) is 2.55. The zero-order valence-corrected chi connectivity index (χ0v) is 12.5. The molecule has 6 heteroatoms. The van der Waals surface area contributed by atoms with Gasteiger partial charge in [0.25, 0.3) is 0 Å². The first-order valence-electron chi connectivity index (χ1n) is 7.10. The van der Waals surface area contributed by atoms with Crippen LogP contribution in [0.5, 0.6) is 0 Å². The van der Waals surface area contributed by atoms with Gasteiger partial charge in [-0.05, 0) is 40.0 Å². The summed E-state index contributed by atoms with van der Waals surface area (Å²) in [5.74, 6) is 0.0355. The number of hydrogen-bond acceptors (Lipinski definition) is 4. The molecule has 1 atom stereocenters. The van der Waals surface area contributed by atoms with Gasteiger partial charge in [0.2, 0.25) is 5.91 Å². The molecule has 2 rings (SSSR count). The highest BCUT2D eigenvalue weighted by molar-refractivity contribution is 5.76. The minimum Gasteiger partial charge on any atom is -0.396 e. The number of hydrogen-bond donors (Lipinski definition) is 2. The second-order valence-corrected chi connectivity index (χ2v) is 5.97. The fourth-order valence-corrected chi connectivity index (χ4v) is 2.61. The van der Waals surface area contributed by atoms with E-state index >= 15 is 0 Å². The standard InChI is InChI=1S/C14H24N4O2/c1-10-13(15)11(2)18(16-10)9-12(19)17-7-4-5-14(3,20)6-8-17/h20H,4-9,15H2,1-3H3. The summed E-state index contributed by atoms with van der Waals surface area (Å²) < 4.78 is 1.66. The minimum absolute atomic E-state index is 0.0355. The van der Waals surface area contributed by atoms with Crippen molar-refractivity contribution in [3.05, 3.63) is 11.4 Å². The molecule has 3 N–H and O–H groups in total. The number of nitrogen functional groups attached to an aromatic ring is 1. The van der Waals surface area contributed by atoms with Crippen LogP contribution in [0.1, 0.15) is 37.6 Å². The Labute approximate surface area is 119 Å². The quantitative estimate of drug-likeness (QED) is 0.841. The number of likely N-dealkylation sites (tertiary alicyclic amines) is 1. The summed E-state index contributed by atoms with van der Waals surface area (Å²) in [5.41, 5.74) is 7.46. The first-order valence-corrected chi connectivity index (χ1v) is 7.10. The molecule has 0 radical (unpaired) electrons. The molecule has 1 aliphatic heterocycles. The highest BCUT2D eigenvalue weighted by atomic mass is 16.3. The molecule has 1 amide bonds. The Morgan fingerprint density at radius 3 is 2.70 bits per heavy atom. The number of rotatable bonds is 2. The van der Waals surface area contributed by atoms with E-state index in [0.717, 1.165) is 24.2 Å². The molecule has 2 heterocycles. The van der Waals surface area contributed by atoms with E-state index in [1.165, 1.54) is 0 Å². The van der Waals surface area contributed by atoms with Crippen molar-refractivity contribution in [1.29, 1.82) is 0 Å². The van der Waals surface area contributed by atoms with E-state index < -0.39 is 5.60 Å². The lowest BCUT2D eigenvalue weighted by atomic mass is 9.98. The highest BCUT2D eigenvalue weighted by Crippen LogP contribution is 2.22. The first-order chi connectivity index (χ1) is 9.30. The van der Waals surface area contributed by atoms with E-state index in [0.29, 0.717) is 25.2 Å². The number of carbonyl (C=O) groups excluding carboxylic acids is 1. The number of aromatic nitrogens is 2. The average molecular weight is 280 g/mol. The molecule has 0 saturated carbocycles. The van der Waals surface area contributed by atoms with Crippen molar-refractivity contribution in [3.63, 3.8) is 0 Å². The monoisotopic (exact) mass is 280 g/mol. The molecule has 6 nitrogen and oxygen atoms in total. The molecule has 1 aromatic heterocycles. The zero-order chi connectivity index (χ0) is 14.9. The summed E-state index contributed by atoms with van der Waals surface area (Å²) in [6.45, 7) is 7.06. The lowest BCUT2D eigenvalue weighted by Gasteiger charge is -2.22. The van der Waals surface area contributed by atoms with Crippen molar-refractivity contribution in [2.45, 2.75) is 52.2 Å². The second-order valence-electron chi connectivity index (χ2n) is 5.97. The molecule has 1 fully saturated rings. The van der Waals surface area contributed by atoms with Crippen molar-refractivity contribution >= 4 is 11.6 Å². The van der Waals surface area contributed by atoms with Gasteiger partial charge in [0.15, 0.2) is 0 Å². The molecule has 1 aromatic rings. The van der Waals surface area contributed by atoms with Crippen LogP contribution in [-0.2, 0) is 11.3 Å². The van der Waals surface area contributed by atoms with E-state index in [-0.39, 0.29) is 12.5 Å². The Bertz CT molecular complexity index is 508. The van der Waals surface area contributed by atoms with Gasteiger partial charge in [-0.25, -0.2) is 0 Å². The van der Waals surface area contributed by atoms with Crippen LogP contribution in [0, 0.1) is 13.8 Å². The van der Waals surface area contributed by atoms with E-state index in [1.807, 2.05) is 25.7 Å². The molecular formula is C14H24N4O2. The maximum Gasteiger partial charge on any atom is 0.244 e. The number of nitrogens with zero attached hydrogens (tertiary/aromatic N) is 3. The third-order valence-electron chi connectivity index (χ3n) is 4.14. The van der Waals surface area contributed by atoms with Gasteiger partial charge in [0.1, 0.15) is 6.54 Å². The van der Waals surface area contributed by atoms with Crippen molar-refractivity contribution in [1.82, 2.24) is 14.7 Å². The minimum atomic E-state index is -0.655. The Morgan fingerprint density at radius 1 is 1.40 bits per heavy atom. The topological polar surface area (TPSA) is 84.4 Å².